The first kappa shape index (κ1) is 16.1. The minimum atomic E-state index is -0.956. The van der Waals surface area contributed by atoms with Gasteiger partial charge in [-0.15, -0.1) is 0 Å². The Kier molecular flexibility index (Phi) is 4.82. The highest BCUT2D eigenvalue weighted by molar-refractivity contribution is 6.32. The van der Waals surface area contributed by atoms with Crippen LogP contribution in [0.3, 0.4) is 0 Å². The molecule has 3 aromatic rings. The second-order valence-electron chi connectivity index (χ2n) is 5.31. The Morgan fingerprint density at radius 1 is 0.917 bits per heavy atom. The fourth-order valence-corrected chi connectivity index (χ4v) is 2.62. The normalized spacial score (nSPS) is 10.4. The summed E-state index contributed by atoms with van der Waals surface area (Å²) >= 11 is 6.31. The van der Waals surface area contributed by atoms with Crippen LogP contribution in [0.15, 0.2) is 72.8 Å². The van der Waals surface area contributed by atoms with Crippen molar-refractivity contribution in [1.29, 1.82) is 0 Å². The van der Waals surface area contributed by atoms with Crippen molar-refractivity contribution in [1.82, 2.24) is 0 Å². The van der Waals surface area contributed by atoms with E-state index in [1.807, 2.05) is 54.6 Å². The highest BCUT2D eigenvalue weighted by atomic mass is 35.5. The Hall–Kier alpha value is -2.78. The van der Waals surface area contributed by atoms with Gasteiger partial charge in [-0.3, -0.25) is 0 Å². The molecular weight excluding hydrogens is 324 g/mol. The first-order valence-corrected chi connectivity index (χ1v) is 7.81. The average Bonchev–Trinajstić information content (AvgIpc) is 2.61. The fourth-order valence-electron chi connectivity index (χ4n) is 2.38. The first-order valence-electron chi connectivity index (χ1n) is 7.43. The molecule has 0 bridgehead atoms. The number of hydrogen-bond acceptors (Lipinski definition) is 2. The van der Waals surface area contributed by atoms with Gasteiger partial charge in [-0.05, 0) is 41.0 Å². The predicted molar refractivity (Wildman–Crippen MR) is 94.6 cm³/mol. The van der Waals surface area contributed by atoms with Gasteiger partial charge in [0.1, 0.15) is 12.4 Å². The summed E-state index contributed by atoms with van der Waals surface area (Å²) in [6.07, 6.45) is 0. The van der Waals surface area contributed by atoms with Crippen molar-refractivity contribution in [3.8, 4) is 16.9 Å². The van der Waals surface area contributed by atoms with E-state index in [9.17, 15) is 4.79 Å². The number of ether oxygens (including phenoxy) is 1. The third kappa shape index (κ3) is 3.76. The van der Waals surface area contributed by atoms with Crippen molar-refractivity contribution in [2.24, 2.45) is 0 Å². The zero-order chi connectivity index (χ0) is 16.9. The van der Waals surface area contributed by atoms with Gasteiger partial charge in [-0.25, -0.2) is 4.79 Å². The van der Waals surface area contributed by atoms with Crippen LogP contribution in [0.1, 0.15) is 15.9 Å². The van der Waals surface area contributed by atoms with E-state index in [1.54, 1.807) is 18.2 Å². The number of benzene rings is 3. The molecule has 3 aromatic carbocycles. The van der Waals surface area contributed by atoms with E-state index < -0.39 is 5.97 Å². The second-order valence-corrected chi connectivity index (χ2v) is 5.71. The Morgan fingerprint density at radius 3 is 2.42 bits per heavy atom. The molecule has 0 saturated carbocycles. The second kappa shape index (κ2) is 7.20. The van der Waals surface area contributed by atoms with Crippen molar-refractivity contribution >= 4 is 17.6 Å². The summed E-state index contributed by atoms with van der Waals surface area (Å²) in [5.74, 6) is -0.390. The van der Waals surface area contributed by atoms with Crippen molar-refractivity contribution in [3.63, 3.8) is 0 Å². The summed E-state index contributed by atoms with van der Waals surface area (Å²) in [4.78, 5) is 11.0. The molecule has 24 heavy (non-hydrogen) atoms. The van der Waals surface area contributed by atoms with Gasteiger partial charge >= 0.3 is 5.97 Å². The highest BCUT2D eigenvalue weighted by Gasteiger charge is 2.07. The van der Waals surface area contributed by atoms with Crippen LogP contribution < -0.4 is 4.74 Å². The minimum absolute atomic E-state index is 0.238. The van der Waals surface area contributed by atoms with Gasteiger partial charge in [-0.2, -0.15) is 0 Å². The monoisotopic (exact) mass is 338 g/mol. The van der Waals surface area contributed by atoms with Gasteiger partial charge in [0.15, 0.2) is 0 Å². The zero-order valence-corrected chi connectivity index (χ0v) is 13.5. The summed E-state index contributed by atoms with van der Waals surface area (Å²) in [7, 11) is 0. The SMILES string of the molecule is O=C(O)c1cccc(COc2ccc(-c3ccccc3)cc2Cl)c1. The molecule has 1 N–H and O–H groups in total. The summed E-state index contributed by atoms with van der Waals surface area (Å²) < 4.78 is 5.72. The topological polar surface area (TPSA) is 46.5 Å². The number of carboxylic acids is 1. The Bertz CT molecular complexity index is 860. The molecule has 0 amide bonds. The summed E-state index contributed by atoms with van der Waals surface area (Å²) in [5.41, 5.74) is 3.11. The lowest BCUT2D eigenvalue weighted by Crippen LogP contribution is -2.00. The lowest BCUT2D eigenvalue weighted by molar-refractivity contribution is 0.0696. The minimum Gasteiger partial charge on any atom is -0.487 e. The smallest absolute Gasteiger partial charge is 0.335 e. The number of hydrogen-bond donors (Lipinski definition) is 1. The molecule has 0 aliphatic rings. The first-order chi connectivity index (χ1) is 11.6. The molecule has 0 heterocycles. The maximum Gasteiger partial charge on any atom is 0.335 e. The molecule has 3 rings (SSSR count). The van der Waals surface area contributed by atoms with Gasteiger partial charge < -0.3 is 9.84 Å². The van der Waals surface area contributed by atoms with Crippen LogP contribution in [-0.4, -0.2) is 11.1 Å². The average molecular weight is 339 g/mol. The Labute approximate surface area is 145 Å². The molecule has 0 radical (unpaired) electrons. The number of carboxylic acid groups (broad SMARTS) is 1. The molecule has 0 atom stereocenters. The standard InChI is InChI=1S/C20H15ClO3/c21-18-12-16(15-6-2-1-3-7-15)9-10-19(18)24-13-14-5-4-8-17(11-14)20(22)23/h1-12H,13H2,(H,22,23). The highest BCUT2D eigenvalue weighted by Crippen LogP contribution is 2.30. The maximum atomic E-state index is 11.0. The molecule has 4 heteroatoms. The van der Waals surface area contributed by atoms with Crippen LogP contribution in [0.25, 0.3) is 11.1 Å². The van der Waals surface area contributed by atoms with E-state index in [2.05, 4.69) is 0 Å². The largest absolute Gasteiger partial charge is 0.487 e. The van der Waals surface area contributed by atoms with Crippen molar-refractivity contribution in [3.05, 3.63) is 88.9 Å². The van der Waals surface area contributed by atoms with E-state index in [4.69, 9.17) is 21.4 Å². The number of halogens is 1. The summed E-state index contributed by atoms with van der Waals surface area (Å²) in [5, 5.41) is 9.53. The van der Waals surface area contributed by atoms with E-state index in [-0.39, 0.29) is 12.2 Å². The Balaban J connectivity index is 1.74. The number of rotatable bonds is 5. The number of aromatic carboxylic acids is 1. The van der Waals surface area contributed by atoms with Gasteiger partial charge in [-0.1, -0.05) is 60.1 Å². The lowest BCUT2D eigenvalue weighted by Gasteiger charge is -2.10. The number of carbonyl (C=O) groups is 1. The van der Waals surface area contributed by atoms with E-state index in [0.29, 0.717) is 10.8 Å². The van der Waals surface area contributed by atoms with Crippen molar-refractivity contribution < 1.29 is 14.6 Å². The fraction of sp³-hybridized carbons (Fsp3) is 0.0500. The van der Waals surface area contributed by atoms with Gasteiger partial charge in [0, 0.05) is 0 Å². The molecule has 0 fully saturated rings. The van der Waals surface area contributed by atoms with Crippen LogP contribution in [-0.2, 0) is 6.61 Å². The molecule has 0 aliphatic carbocycles. The quantitative estimate of drug-likeness (QED) is 0.688. The predicted octanol–water partition coefficient (Wildman–Crippen LogP) is 5.28. The van der Waals surface area contributed by atoms with Crippen molar-refractivity contribution in [2.75, 3.05) is 0 Å². The van der Waals surface area contributed by atoms with Gasteiger partial charge in [0.25, 0.3) is 0 Å². The van der Waals surface area contributed by atoms with E-state index in [1.165, 1.54) is 0 Å². The van der Waals surface area contributed by atoms with Gasteiger partial charge in [0.05, 0.1) is 10.6 Å². The molecular formula is C20H15ClO3. The van der Waals surface area contributed by atoms with E-state index in [0.717, 1.165) is 16.7 Å². The lowest BCUT2D eigenvalue weighted by atomic mass is 10.1. The molecule has 120 valence electrons. The van der Waals surface area contributed by atoms with Crippen molar-refractivity contribution in [2.45, 2.75) is 6.61 Å². The van der Waals surface area contributed by atoms with Gasteiger partial charge in [0.2, 0.25) is 0 Å². The van der Waals surface area contributed by atoms with Crippen LogP contribution >= 0.6 is 11.6 Å². The molecule has 0 unspecified atom stereocenters. The molecule has 0 saturated heterocycles. The van der Waals surface area contributed by atoms with E-state index >= 15 is 0 Å². The molecule has 0 aliphatic heterocycles. The Morgan fingerprint density at radius 2 is 1.71 bits per heavy atom. The third-order valence-corrected chi connectivity index (χ3v) is 3.90. The maximum absolute atomic E-state index is 11.0. The summed E-state index contributed by atoms with van der Waals surface area (Å²) in [6, 6.07) is 22.2. The summed E-state index contributed by atoms with van der Waals surface area (Å²) in [6.45, 7) is 0.255. The third-order valence-electron chi connectivity index (χ3n) is 3.61. The molecule has 0 aromatic heterocycles. The van der Waals surface area contributed by atoms with Crippen LogP contribution in [0.5, 0.6) is 5.75 Å². The molecule has 3 nitrogen and oxygen atoms in total. The van der Waals surface area contributed by atoms with Crippen LogP contribution in [0, 0.1) is 0 Å². The zero-order valence-electron chi connectivity index (χ0n) is 12.8. The van der Waals surface area contributed by atoms with Crippen LogP contribution in [0.2, 0.25) is 5.02 Å². The molecule has 0 spiro atoms. The van der Waals surface area contributed by atoms with Crippen LogP contribution in [0.4, 0.5) is 0 Å².